The van der Waals surface area contributed by atoms with Gasteiger partial charge in [-0.25, -0.2) is 0 Å². The molecule has 0 fully saturated rings. The number of nitrogens with two attached hydrogens (primary N) is 1. The summed E-state index contributed by atoms with van der Waals surface area (Å²) in [6.07, 6.45) is 2.20. The lowest BCUT2D eigenvalue weighted by atomic mass is 9.86. The number of hydrogen-bond donors (Lipinski definition) is 2. The predicted octanol–water partition coefficient (Wildman–Crippen LogP) is 4.09. The van der Waals surface area contributed by atoms with Crippen LogP contribution in [-0.2, 0) is 0 Å². The van der Waals surface area contributed by atoms with Crippen LogP contribution < -0.4 is 11.3 Å². The summed E-state index contributed by atoms with van der Waals surface area (Å²) < 4.78 is 1.11. The third-order valence-corrected chi connectivity index (χ3v) is 3.49. The van der Waals surface area contributed by atoms with Gasteiger partial charge >= 0.3 is 0 Å². The minimum atomic E-state index is 0.228. The van der Waals surface area contributed by atoms with Gasteiger partial charge in [-0.2, -0.15) is 0 Å². The summed E-state index contributed by atoms with van der Waals surface area (Å²) in [5.41, 5.74) is 5.85. The topological polar surface area (TPSA) is 38.0 Å². The van der Waals surface area contributed by atoms with Gasteiger partial charge in [0.05, 0.1) is 0 Å². The van der Waals surface area contributed by atoms with Crippen LogP contribution in [-0.4, -0.2) is 0 Å². The summed E-state index contributed by atoms with van der Waals surface area (Å²) in [4.78, 5) is 0. The highest BCUT2D eigenvalue weighted by Crippen LogP contribution is 2.29. The Hall–Kier alpha value is -0.380. The van der Waals surface area contributed by atoms with Gasteiger partial charge in [0.15, 0.2) is 0 Å². The lowest BCUT2D eigenvalue weighted by Crippen LogP contribution is -2.29. The maximum Gasteiger partial charge on any atom is 0.0463 e. The summed E-state index contributed by atoms with van der Waals surface area (Å²) in [7, 11) is 0. The van der Waals surface area contributed by atoms with Crippen molar-refractivity contribution in [3.63, 3.8) is 0 Å². The highest BCUT2D eigenvalue weighted by atomic mass is 79.9. The summed E-state index contributed by atoms with van der Waals surface area (Å²) >= 11 is 3.52. The second-order valence-corrected chi connectivity index (χ2v) is 6.74. The van der Waals surface area contributed by atoms with Crippen molar-refractivity contribution in [2.24, 2.45) is 11.3 Å². The molecule has 0 aliphatic heterocycles. The largest absolute Gasteiger partial charge is 0.271 e. The van der Waals surface area contributed by atoms with Crippen LogP contribution in [0, 0.1) is 12.3 Å². The fourth-order valence-electron chi connectivity index (χ4n) is 1.89. The summed E-state index contributed by atoms with van der Waals surface area (Å²) in [6.45, 7) is 8.90. The summed E-state index contributed by atoms with van der Waals surface area (Å²) in [5, 5.41) is 0. The fraction of sp³-hybridized carbons (Fsp3) is 0.571. The van der Waals surface area contributed by atoms with Crippen molar-refractivity contribution >= 4 is 15.9 Å². The van der Waals surface area contributed by atoms with Crippen LogP contribution in [0.15, 0.2) is 22.7 Å². The standard InChI is InChI=1S/C14H23BrN2/c1-10-5-6-11(15)9-12(10)13(17-16)7-8-14(2,3)4/h5-6,9,13,17H,7-8,16H2,1-4H3. The lowest BCUT2D eigenvalue weighted by Gasteiger charge is -2.24. The Morgan fingerprint density at radius 2 is 2.00 bits per heavy atom. The third-order valence-electron chi connectivity index (χ3n) is 3.00. The first kappa shape index (κ1) is 14.7. The van der Waals surface area contributed by atoms with E-state index in [0.717, 1.165) is 17.3 Å². The Bertz CT molecular complexity index is 369. The van der Waals surface area contributed by atoms with Crippen molar-refractivity contribution in [1.82, 2.24) is 5.43 Å². The minimum absolute atomic E-state index is 0.228. The zero-order chi connectivity index (χ0) is 13.1. The molecule has 0 amide bonds. The summed E-state index contributed by atoms with van der Waals surface area (Å²) in [6, 6.07) is 6.58. The molecule has 1 rings (SSSR count). The zero-order valence-electron chi connectivity index (χ0n) is 11.2. The molecular formula is C14H23BrN2. The van der Waals surface area contributed by atoms with Gasteiger partial charge in [-0.15, -0.1) is 0 Å². The van der Waals surface area contributed by atoms with E-state index in [-0.39, 0.29) is 6.04 Å². The third kappa shape index (κ3) is 4.78. The van der Waals surface area contributed by atoms with Gasteiger partial charge in [0.1, 0.15) is 0 Å². The quantitative estimate of drug-likeness (QED) is 0.649. The molecule has 0 aliphatic carbocycles. The minimum Gasteiger partial charge on any atom is -0.271 e. The number of benzene rings is 1. The van der Waals surface area contributed by atoms with Crippen molar-refractivity contribution in [2.45, 2.75) is 46.6 Å². The van der Waals surface area contributed by atoms with Gasteiger partial charge in [0, 0.05) is 10.5 Å². The lowest BCUT2D eigenvalue weighted by molar-refractivity contribution is 0.333. The first-order chi connectivity index (χ1) is 7.83. The monoisotopic (exact) mass is 298 g/mol. The van der Waals surface area contributed by atoms with Crippen LogP contribution in [0.1, 0.15) is 50.8 Å². The SMILES string of the molecule is Cc1ccc(Br)cc1C(CCC(C)(C)C)NN. The van der Waals surface area contributed by atoms with Crippen LogP contribution in [0.2, 0.25) is 0 Å². The van der Waals surface area contributed by atoms with Crippen molar-refractivity contribution < 1.29 is 0 Å². The van der Waals surface area contributed by atoms with Crippen LogP contribution in [0.4, 0.5) is 0 Å². The molecular weight excluding hydrogens is 276 g/mol. The van der Waals surface area contributed by atoms with Gasteiger partial charge < -0.3 is 0 Å². The van der Waals surface area contributed by atoms with Gasteiger partial charge in [0.25, 0.3) is 0 Å². The van der Waals surface area contributed by atoms with Crippen molar-refractivity contribution in [1.29, 1.82) is 0 Å². The van der Waals surface area contributed by atoms with E-state index in [0.29, 0.717) is 5.41 Å². The van der Waals surface area contributed by atoms with Gasteiger partial charge in [-0.1, -0.05) is 42.8 Å². The van der Waals surface area contributed by atoms with Crippen LogP contribution >= 0.6 is 15.9 Å². The van der Waals surface area contributed by atoms with Crippen LogP contribution in [0.5, 0.6) is 0 Å². The van der Waals surface area contributed by atoms with E-state index in [9.17, 15) is 0 Å². The molecule has 17 heavy (non-hydrogen) atoms. The smallest absolute Gasteiger partial charge is 0.0463 e. The van der Waals surface area contributed by atoms with E-state index < -0.39 is 0 Å². The average molecular weight is 299 g/mol. The van der Waals surface area contributed by atoms with Crippen molar-refractivity contribution in [3.05, 3.63) is 33.8 Å². The van der Waals surface area contributed by atoms with E-state index in [1.54, 1.807) is 0 Å². The Labute approximate surface area is 113 Å². The molecule has 0 aliphatic rings. The number of rotatable bonds is 4. The molecule has 0 aromatic heterocycles. The molecule has 2 nitrogen and oxygen atoms in total. The number of hydrazine groups is 1. The first-order valence-corrected chi connectivity index (χ1v) is 6.85. The maximum atomic E-state index is 5.69. The second-order valence-electron chi connectivity index (χ2n) is 5.82. The molecule has 0 bridgehead atoms. The number of hydrogen-bond acceptors (Lipinski definition) is 2. The van der Waals surface area contributed by atoms with Gasteiger partial charge in [0.2, 0.25) is 0 Å². The molecule has 0 radical (unpaired) electrons. The average Bonchev–Trinajstić information content (AvgIpc) is 2.22. The van der Waals surface area contributed by atoms with E-state index in [2.05, 4.69) is 67.2 Å². The Kier molecular flexibility index (Phi) is 5.17. The Morgan fingerprint density at radius 1 is 1.35 bits per heavy atom. The number of nitrogens with one attached hydrogen (secondary N) is 1. The van der Waals surface area contributed by atoms with Crippen LogP contribution in [0.3, 0.4) is 0 Å². The van der Waals surface area contributed by atoms with Crippen molar-refractivity contribution in [2.75, 3.05) is 0 Å². The van der Waals surface area contributed by atoms with E-state index in [1.165, 1.54) is 11.1 Å². The zero-order valence-corrected chi connectivity index (χ0v) is 12.8. The molecule has 1 aromatic carbocycles. The second kappa shape index (κ2) is 5.98. The number of aryl methyl sites for hydroxylation is 1. The predicted molar refractivity (Wildman–Crippen MR) is 77.6 cm³/mol. The molecule has 1 atom stereocenters. The maximum absolute atomic E-state index is 5.69. The highest BCUT2D eigenvalue weighted by molar-refractivity contribution is 9.10. The first-order valence-electron chi connectivity index (χ1n) is 6.05. The molecule has 0 heterocycles. The molecule has 0 saturated heterocycles. The molecule has 3 heteroatoms. The number of halogens is 1. The Morgan fingerprint density at radius 3 is 2.53 bits per heavy atom. The molecule has 3 N–H and O–H groups in total. The van der Waals surface area contributed by atoms with Gasteiger partial charge in [-0.05, 0) is 48.4 Å². The summed E-state index contributed by atoms with van der Waals surface area (Å²) in [5.74, 6) is 5.69. The van der Waals surface area contributed by atoms with Gasteiger partial charge in [-0.3, -0.25) is 11.3 Å². The molecule has 96 valence electrons. The molecule has 1 unspecified atom stereocenters. The normalized spacial score (nSPS) is 13.8. The van der Waals surface area contributed by atoms with E-state index in [4.69, 9.17) is 5.84 Å². The molecule has 0 spiro atoms. The molecule has 0 saturated carbocycles. The molecule has 1 aromatic rings. The highest BCUT2D eigenvalue weighted by Gasteiger charge is 2.17. The van der Waals surface area contributed by atoms with Crippen molar-refractivity contribution in [3.8, 4) is 0 Å². The van der Waals surface area contributed by atoms with E-state index in [1.807, 2.05) is 0 Å². The van der Waals surface area contributed by atoms with Crippen LogP contribution in [0.25, 0.3) is 0 Å². The fourth-order valence-corrected chi connectivity index (χ4v) is 2.27. The van der Waals surface area contributed by atoms with E-state index >= 15 is 0 Å². The Balaban J connectivity index is 2.82.